The molecule has 98 valence electrons. The maximum absolute atomic E-state index is 11.0. The second kappa shape index (κ2) is 6.31. The summed E-state index contributed by atoms with van der Waals surface area (Å²) in [5.74, 6) is -0.375. The molecule has 0 aliphatic rings. The van der Waals surface area contributed by atoms with Crippen molar-refractivity contribution >= 4 is 27.6 Å². The summed E-state index contributed by atoms with van der Waals surface area (Å²) < 4.78 is 10.2. The highest BCUT2D eigenvalue weighted by Crippen LogP contribution is 2.29. The summed E-state index contributed by atoms with van der Waals surface area (Å²) in [7, 11) is 1.21. The van der Waals surface area contributed by atoms with Crippen LogP contribution in [0.4, 0.5) is 5.69 Å². The first-order valence-corrected chi connectivity index (χ1v) is 5.65. The number of ether oxygens (including phenoxy) is 2. The molecule has 1 unspecified atom stereocenters. The molecule has 2 N–H and O–H groups in total. The molecule has 0 aliphatic carbocycles. The van der Waals surface area contributed by atoms with Crippen molar-refractivity contribution in [3.05, 3.63) is 32.8 Å². The number of esters is 1. The zero-order chi connectivity index (χ0) is 13.7. The van der Waals surface area contributed by atoms with E-state index in [0.717, 1.165) is 0 Å². The Kier molecular flexibility index (Phi) is 5.05. The van der Waals surface area contributed by atoms with Crippen molar-refractivity contribution in [1.82, 2.24) is 0 Å². The Morgan fingerprint density at radius 1 is 1.61 bits per heavy atom. The minimum Gasteiger partial charge on any atom is -0.490 e. The van der Waals surface area contributed by atoms with Crippen LogP contribution < -0.4 is 10.5 Å². The Morgan fingerprint density at radius 3 is 2.83 bits per heavy atom. The predicted molar refractivity (Wildman–Crippen MR) is 66.3 cm³/mol. The zero-order valence-corrected chi connectivity index (χ0v) is 11.0. The molecule has 1 atom stereocenters. The Labute approximate surface area is 111 Å². The van der Waals surface area contributed by atoms with Gasteiger partial charge in [0, 0.05) is 6.07 Å². The van der Waals surface area contributed by atoms with E-state index in [-0.39, 0.29) is 18.0 Å². The van der Waals surface area contributed by atoms with E-state index in [9.17, 15) is 14.9 Å². The number of nitro groups is 1. The predicted octanol–water partition coefficient (Wildman–Crippen LogP) is 1.24. The van der Waals surface area contributed by atoms with E-state index in [1.807, 2.05) is 0 Å². The van der Waals surface area contributed by atoms with Gasteiger partial charge in [0.15, 0.2) is 0 Å². The van der Waals surface area contributed by atoms with Crippen molar-refractivity contribution in [2.45, 2.75) is 6.04 Å². The average Bonchev–Trinajstić information content (AvgIpc) is 2.36. The van der Waals surface area contributed by atoms with E-state index in [1.165, 1.54) is 25.3 Å². The summed E-state index contributed by atoms with van der Waals surface area (Å²) in [5, 5.41) is 10.6. The number of nitrogens with two attached hydrogens (primary N) is 1. The second-order valence-electron chi connectivity index (χ2n) is 3.31. The zero-order valence-electron chi connectivity index (χ0n) is 9.46. The van der Waals surface area contributed by atoms with E-state index in [4.69, 9.17) is 10.5 Å². The number of benzene rings is 1. The fraction of sp³-hybridized carbons (Fsp3) is 0.300. The lowest BCUT2D eigenvalue weighted by molar-refractivity contribution is -0.385. The molecule has 0 saturated carbocycles. The molecule has 0 bridgehead atoms. The third-order valence-electron chi connectivity index (χ3n) is 2.05. The summed E-state index contributed by atoms with van der Waals surface area (Å²) >= 11 is 3.18. The Balaban J connectivity index is 2.75. The molecular formula is C10H11BrN2O5. The smallest absolute Gasteiger partial charge is 0.326 e. The van der Waals surface area contributed by atoms with E-state index in [2.05, 4.69) is 20.7 Å². The fourth-order valence-electron chi connectivity index (χ4n) is 1.12. The molecule has 0 radical (unpaired) electrons. The average molecular weight is 319 g/mol. The van der Waals surface area contributed by atoms with Gasteiger partial charge in [0.2, 0.25) is 0 Å². The van der Waals surface area contributed by atoms with Crippen LogP contribution in [0.25, 0.3) is 0 Å². The first-order valence-electron chi connectivity index (χ1n) is 4.86. The molecule has 0 saturated heterocycles. The number of hydrogen-bond acceptors (Lipinski definition) is 6. The summed E-state index contributed by atoms with van der Waals surface area (Å²) in [6.07, 6.45) is 0. The van der Waals surface area contributed by atoms with Gasteiger partial charge in [-0.1, -0.05) is 0 Å². The number of non-ortho nitro benzene ring substituents is 1. The van der Waals surface area contributed by atoms with Gasteiger partial charge in [-0.25, -0.2) is 0 Å². The van der Waals surface area contributed by atoms with Gasteiger partial charge in [0.25, 0.3) is 5.69 Å². The standard InChI is InChI=1S/C10H11BrN2O5/c1-17-10(14)8(12)5-18-9-4-6(13(15)16)2-3-7(9)11/h2-4,8H,5,12H2,1H3. The number of carbonyl (C=O) groups is 1. The SMILES string of the molecule is COC(=O)C(N)COc1cc([N+](=O)[O-])ccc1Br. The van der Waals surface area contributed by atoms with Gasteiger partial charge in [-0.15, -0.1) is 0 Å². The lowest BCUT2D eigenvalue weighted by Crippen LogP contribution is -2.37. The number of methoxy groups -OCH3 is 1. The van der Waals surface area contributed by atoms with Gasteiger partial charge in [-0.2, -0.15) is 0 Å². The minimum absolute atomic E-state index is 0.111. The second-order valence-corrected chi connectivity index (χ2v) is 4.17. The molecule has 1 rings (SSSR count). The van der Waals surface area contributed by atoms with Gasteiger partial charge in [0.05, 0.1) is 22.6 Å². The van der Waals surface area contributed by atoms with Crippen LogP contribution in [0.3, 0.4) is 0 Å². The lowest BCUT2D eigenvalue weighted by Gasteiger charge is -2.12. The van der Waals surface area contributed by atoms with E-state index < -0.39 is 16.9 Å². The number of nitro benzene ring substituents is 1. The van der Waals surface area contributed by atoms with Crippen molar-refractivity contribution in [2.24, 2.45) is 5.73 Å². The highest BCUT2D eigenvalue weighted by atomic mass is 79.9. The molecule has 0 heterocycles. The van der Waals surface area contributed by atoms with Crippen LogP contribution in [-0.2, 0) is 9.53 Å². The van der Waals surface area contributed by atoms with Crippen LogP contribution in [0.2, 0.25) is 0 Å². The Morgan fingerprint density at radius 2 is 2.28 bits per heavy atom. The van der Waals surface area contributed by atoms with Gasteiger partial charge in [0.1, 0.15) is 18.4 Å². The molecule has 0 aromatic heterocycles. The van der Waals surface area contributed by atoms with E-state index in [1.54, 1.807) is 0 Å². The van der Waals surface area contributed by atoms with Crippen molar-refractivity contribution in [2.75, 3.05) is 13.7 Å². The topological polar surface area (TPSA) is 105 Å². The van der Waals surface area contributed by atoms with Crippen molar-refractivity contribution in [3.63, 3.8) is 0 Å². The fourth-order valence-corrected chi connectivity index (χ4v) is 1.48. The van der Waals surface area contributed by atoms with Crippen molar-refractivity contribution < 1.29 is 19.2 Å². The maximum Gasteiger partial charge on any atom is 0.326 e. The van der Waals surface area contributed by atoms with Crippen LogP contribution in [-0.4, -0.2) is 30.7 Å². The van der Waals surface area contributed by atoms with Crippen LogP contribution in [0, 0.1) is 10.1 Å². The van der Waals surface area contributed by atoms with Gasteiger partial charge in [-0.05, 0) is 22.0 Å². The Hall–Kier alpha value is -1.67. The van der Waals surface area contributed by atoms with Crippen LogP contribution >= 0.6 is 15.9 Å². The number of nitrogens with zero attached hydrogens (tertiary/aromatic N) is 1. The van der Waals surface area contributed by atoms with Crippen LogP contribution in [0.5, 0.6) is 5.75 Å². The largest absolute Gasteiger partial charge is 0.490 e. The highest BCUT2D eigenvalue weighted by Gasteiger charge is 2.16. The quantitative estimate of drug-likeness (QED) is 0.497. The molecular weight excluding hydrogens is 308 g/mol. The highest BCUT2D eigenvalue weighted by molar-refractivity contribution is 9.10. The molecule has 1 aromatic carbocycles. The summed E-state index contributed by atoms with van der Waals surface area (Å²) in [6, 6.07) is 3.11. The summed E-state index contributed by atoms with van der Waals surface area (Å²) in [5.41, 5.74) is 5.36. The molecule has 0 fully saturated rings. The van der Waals surface area contributed by atoms with Crippen LogP contribution in [0.15, 0.2) is 22.7 Å². The Bertz CT molecular complexity index is 466. The van der Waals surface area contributed by atoms with Gasteiger partial charge in [-0.3, -0.25) is 14.9 Å². The minimum atomic E-state index is -0.943. The van der Waals surface area contributed by atoms with Gasteiger partial charge >= 0.3 is 5.97 Å². The third kappa shape index (κ3) is 3.67. The van der Waals surface area contributed by atoms with Gasteiger partial charge < -0.3 is 15.2 Å². The lowest BCUT2D eigenvalue weighted by atomic mass is 10.3. The monoisotopic (exact) mass is 318 g/mol. The van der Waals surface area contributed by atoms with Crippen LogP contribution in [0.1, 0.15) is 0 Å². The molecule has 7 nitrogen and oxygen atoms in total. The summed E-state index contributed by atoms with van der Waals surface area (Å²) in [6.45, 7) is -0.132. The number of rotatable bonds is 5. The molecule has 0 spiro atoms. The normalized spacial score (nSPS) is 11.7. The van der Waals surface area contributed by atoms with E-state index in [0.29, 0.717) is 4.47 Å². The molecule has 1 aromatic rings. The molecule has 8 heteroatoms. The van der Waals surface area contributed by atoms with Crippen molar-refractivity contribution in [3.8, 4) is 5.75 Å². The third-order valence-corrected chi connectivity index (χ3v) is 2.70. The first kappa shape index (κ1) is 14.4. The first-order chi connectivity index (χ1) is 8.45. The molecule has 0 aliphatic heterocycles. The maximum atomic E-state index is 11.0. The van der Waals surface area contributed by atoms with Crippen molar-refractivity contribution in [1.29, 1.82) is 0 Å². The summed E-state index contributed by atoms with van der Waals surface area (Å²) in [4.78, 5) is 21.1. The molecule has 18 heavy (non-hydrogen) atoms. The number of carbonyl (C=O) groups excluding carboxylic acids is 1. The number of halogens is 1. The van der Waals surface area contributed by atoms with E-state index >= 15 is 0 Å². The number of hydrogen-bond donors (Lipinski definition) is 1. The molecule has 0 amide bonds.